The highest BCUT2D eigenvalue weighted by Crippen LogP contribution is 2.30. The summed E-state index contributed by atoms with van der Waals surface area (Å²) in [6.07, 6.45) is 1.82. The van der Waals surface area contributed by atoms with Crippen LogP contribution >= 0.6 is 0 Å². The van der Waals surface area contributed by atoms with E-state index in [1.807, 2.05) is 7.05 Å². The summed E-state index contributed by atoms with van der Waals surface area (Å²) in [4.78, 5) is 24.7. The van der Waals surface area contributed by atoms with E-state index in [0.29, 0.717) is 25.8 Å². The number of aliphatic carboxylic acids is 1. The second kappa shape index (κ2) is 6.59. The van der Waals surface area contributed by atoms with Gasteiger partial charge in [0.25, 0.3) is 0 Å². The smallest absolute Gasteiger partial charge is 0.306 e. The Kier molecular flexibility index (Phi) is 5.41. The topological polar surface area (TPSA) is 69.6 Å². The number of amides is 1. The van der Waals surface area contributed by atoms with Crippen LogP contribution in [-0.4, -0.2) is 48.6 Å². The normalized spacial score (nSPS) is 23.9. The van der Waals surface area contributed by atoms with Gasteiger partial charge in [0.1, 0.15) is 0 Å². The maximum Gasteiger partial charge on any atom is 0.306 e. The molecule has 0 aliphatic heterocycles. The number of nitrogens with one attached hydrogen (secondary N) is 1. The zero-order valence-corrected chi connectivity index (χ0v) is 10.6. The van der Waals surface area contributed by atoms with Gasteiger partial charge in [-0.15, -0.1) is 0 Å². The molecule has 0 bridgehead atoms. The minimum Gasteiger partial charge on any atom is -0.481 e. The summed E-state index contributed by atoms with van der Waals surface area (Å²) in [5.41, 5.74) is 0. The van der Waals surface area contributed by atoms with E-state index in [1.165, 1.54) is 0 Å². The molecule has 1 saturated carbocycles. The van der Waals surface area contributed by atoms with Crippen LogP contribution in [0, 0.1) is 11.8 Å². The second-order valence-electron chi connectivity index (χ2n) is 4.73. The molecule has 98 valence electrons. The maximum atomic E-state index is 11.8. The molecule has 2 unspecified atom stereocenters. The summed E-state index contributed by atoms with van der Waals surface area (Å²) in [6, 6.07) is 0. The van der Waals surface area contributed by atoms with Crippen LogP contribution in [0.25, 0.3) is 0 Å². The molecule has 0 spiro atoms. The van der Waals surface area contributed by atoms with Gasteiger partial charge in [-0.3, -0.25) is 9.59 Å². The highest BCUT2D eigenvalue weighted by molar-refractivity contribution is 5.80. The van der Waals surface area contributed by atoms with Gasteiger partial charge in [0.2, 0.25) is 5.91 Å². The predicted octanol–water partition coefficient (Wildman–Crippen LogP) is 0.555. The third-order valence-corrected chi connectivity index (χ3v) is 3.49. The van der Waals surface area contributed by atoms with Gasteiger partial charge in [0, 0.05) is 19.0 Å². The summed E-state index contributed by atoms with van der Waals surface area (Å²) >= 11 is 0. The lowest BCUT2D eigenvalue weighted by atomic mass is 10.0. The molecule has 5 heteroatoms. The Balaban J connectivity index is 2.23. The zero-order valence-electron chi connectivity index (χ0n) is 10.6. The SMILES string of the molecule is CCN(C)CCNC(=O)C1CCC(C(=O)O)C1. The molecule has 0 heterocycles. The van der Waals surface area contributed by atoms with Crippen molar-refractivity contribution < 1.29 is 14.7 Å². The molecule has 0 radical (unpaired) electrons. The van der Waals surface area contributed by atoms with Crippen LogP contribution in [0.4, 0.5) is 0 Å². The molecular formula is C12H22N2O3. The van der Waals surface area contributed by atoms with E-state index in [9.17, 15) is 9.59 Å². The van der Waals surface area contributed by atoms with Gasteiger partial charge in [-0.05, 0) is 32.9 Å². The Hall–Kier alpha value is -1.10. The third kappa shape index (κ3) is 4.34. The van der Waals surface area contributed by atoms with Crippen LogP contribution in [0.1, 0.15) is 26.2 Å². The molecule has 1 fully saturated rings. The fourth-order valence-corrected chi connectivity index (χ4v) is 2.12. The summed E-state index contributed by atoms with van der Waals surface area (Å²) < 4.78 is 0. The van der Waals surface area contributed by atoms with Crippen molar-refractivity contribution in [1.29, 1.82) is 0 Å². The van der Waals surface area contributed by atoms with E-state index < -0.39 is 5.97 Å². The Labute approximate surface area is 102 Å². The van der Waals surface area contributed by atoms with Crippen molar-refractivity contribution in [2.45, 2.75) is 26.2 Å². The first-order valence-corrected chi connectivity index (χ1v) is 6.23. The van der Waals surface area contributed by atoms with Crippen molar-refractivity contribution >= 4 is 11.9 Å². The number of hydrogen-bond donors (Lipinski definition) is 2. The van der Waals surface area contributed by atoms with Gasteiger partial charge in [0.05, 0.1) is 5.92 Å². The van der Waals surface area contributed by atoms with E-state index in [-0.39, 0.29) is 17.7 Å². The number of likely N-dealkylation sites (N-methyl/N-ethyl adjacent to an activating group) is 1. The second-order valence-corrected chi connectivity index (χ2v) is 4.73. The average Bonchev–Trinajstić information content (AvgIpc) is 2.78. The first kappa shape index (κ1) is 14.0. The van der Waals surface area contributed by atoms with Crippen LogP contribution in [0.3, 0.4) is 0 Å². The molecule has 2 atom stereocenters. The highest BCUT2D eigenvalue weighted by Gasteiger charge is 2.33. The summed E-state index contributed by atoms with van der Waals surface area (Å²) in [7, 11) is 2.00. The fraction of sp³-hybridized carbons (Fsp3) is 0.833. The third-order valence-electron chi connectivity index (χ3n) is 3.49. The fourth-order valence-electron chi connectivity index (χ4n) is 2.12. The molecule has 17 heavy (non-hydrogen) atoms. The van der Waals surface area contributed by atoms with Crippen LogP contribution in [0.5, 0.6) is 0 Å². The van der Waals surface area contributed by atoms with Crippen LogP contribution < -0.4 is 5.32 Å². The van der Waals surface area contributed by atoms with Gasteiger partial charge >= 0.3 is 5.97 Å². The minimum atomic E-state index is -0.772. The number of hydrogen-bond acceptors (Lipinski definition) is 3. The molecule has 1 amide bonds. The molecule has 1 aliphatic rings. The first-order valence-electron chi connectivity index (χ1n) is 6.23. The molecule has 0 aromatic rings. The van der Waals surface area contributed by atoms with E-state index >= 15 is 0 Å². The molecule has 1 aliphatic carbocycles. The quantitative estimate of drug-likeness (QED) is 0.714. The molecule has 1 rings (SSSR count). The molecule has 5 nitrogen and oxygen atoms in total. The number of carboxylic acids is 1. The van der Waals surface area contributed by atoms with Gasteiger partial charge in [-0.1, -0.05) is 6.92 Å². The largest absolute Gasteiger partial charge is 0.481 e. The van der Waals surface area contributed by atoms with Crippen molar-refractivity contribution in [3.05, 3.63) is 0 Å². The lowest BCUT2D eigenvalue weighted by Gasteiger charge is -2.15. The molecule has 0 aromatic heterocycles. The Morgan fingerprint density at radius 1 is 1.35 bits per heavy atom. The number of carboxylic acid groups (broad SMARTS) is 1. The van der Waals surface area contributed by atoms with Crippen molar-refractivity contribution in [3.8, 4) is 0 Å². The van der Waals surface area contributed by atoms with Crippen molar-refractivity contribution in [2.75, 3.05) is 26.7 Å². The van der Waals surface area contributed by atoms with Crippen molar-refractivity contribution in [2.24, 2.45) is 11.8 Å². The van der Waals surface area contributed by atoms with Crippen molar-refractivity contribution in [1.82, 2.24) is 10.2 Å². The highest BCUT2D eigenvalue weighted by atomic mass is 16.4. The van der Waals surface area contributed by atoms with Gasteiger partial charge in [-0.2, -0.15) is 0 Å². The molecule has 0 aromatic carbocycles. The van der Waals surface area contributed by atoms with Crippen LogP contribution in [-0.2, 0) is 9.59 Å². The monoisotopic (exact) mass is 242 g/mol. The zero-order chi connectivity index (χ0) is 12.8. The van der Waals surface area contributed by atoms with Gasteiger partial charge < -0.3 is 15.3 Å². The summed E-state index contributed by atoms with van der Waals surface area (Å²) in [6.45, 7) is 4.49. The van der Waals surface area contributed by atoms with Crippen LogP contribution in [0.15, 0.2) is 0 Å². The summed E-state index contributed by atoms with van der Waals surface area (Å²) in [5, 5.41) is 11.7. The molecular weight excluding hydrogens is 220 g/mol. The lowest BCUT2D eigenvalue weighted by molar-refractivity contribution is -0.141. The van der Waals surface area contributed by atoms with E-state index in [2.05, 4.69) is 17.1 Å². The minimum absolute atomic E-state index is 0.0123. The first-order chi connectivity index (χ1) is 8.04. The summed E-state index contributed by atoms with van der Waals surface area (Å²) in [5.74, 6) is -1.20. The van der Waals surface area contributed by atoms with Crippen molar-refractivity contribution in [3.63, 3.8) is 0 Å². The average molecular weight is 242 g/mol. The standard InChI is InChI=1S/C12H22N2O3/c1-3-14(2)7-6-13-11(15)9-4-5-10(8-9)12(16)17/h9-10H,3-8H2,1-2H3,(H,13,15)(H,16,17). The lowest BCUT2D eigenvalue weighted by Crippen LogP contribution is -2.36. The maximum absolute atomic E-state index is 11.8. The van der Waals surface area contributed by atoms with Gasteiger partial charge in [-0.25, -0.2) is 0 Å². The van der Waals surface area contributed by atoms with Gasteiger partial charge in [0.15, 0.2) is 0 Å². The van der Waals surface area contributed by atoms with Crippen LogP contribution in [0.2, 0.25) is 0 Å². The molecule has 2 N–H and O–H groups in total. The molecule has 0 saturated heterocycles. The van der Waals surface area contributed by atoms with E-state index in [4.69, 9.17) is 5.11 Å². The number of nitrogens with zero attached hydrogens (tertiary/aromatic N) is 1. The van der Waals surface area contributed by atoms with E-state index in [1.54, 1.807) is 0 Å². The van der Waals surface area contributed by atoms with E-state index in [0.717, 1.165) is 13.1 Å². The predicted molar refractivity (Wildman–Crippen MR) is 64.6 cm³/mol. The number of carbonyl (C=O) groups excluding carboxylic acids is 1. The Bertz CT molecular complexity index is 281. The number of rotatable bonds is 6. The Morgan fingerprint density at radius 2 is 2.00 bits per heavy atom. The Morgan fingerprint density at radius 3 is 2.53 bits per heavy atom. The number of carbonyl (C=O) groups is 2.